The van der Waals surface area contributed by atoms with Gasteiger partial charge in [-0.05, 0) is 64.0 Å². The van der Waals surface area contributed by atoms with E-state index in [4.69, 9.17) is 21.1 Å². The first-order valence-corrected chi connectivity index (χ1v) is 9.08. The van der Waals surface area contributed by atoms with Gasteiger partial charge in [-0.25, -0.2) is 0 Å². The lowest BCUT2D eigenvalue weighted by atomic mass is 10.0. The van der Waals surface area contributed by atoms with Gasteiger partial charge < -0.3 is 9.47 Å². The van der Waals surface area contributed by atoms with Crippen LogP contribution < -0.4 is 9.47 Å². The highest BCUT2D eigenvalue weighted by molar-refractivity contribution is 14.1. The van der Waals surface area contributed by atoms with Gasteiger partial charge in [0.15, 0.2) is 11.5 Å². The standard InChI is InChI=1S/C15H12Br2ClIO2/c1-20-13-6-9(11(17)7-14(13)21-2)15(18)10-5-8(16)3-4-12(10)19/h3-7,15H,1-2H3. The number of hydrogen-bond donors (Lipinski definition) is 0. The van der Waals surface area contributed by atoms with Crippen molar-refractivity contribution < 1.29 is 9.47 Å². The van der Waals surface area contributed by atoms with Crippen LogP contribution in [0.2, 0.25) is 0 Å². The molecule has 0 saturated carbocycles. The highest BCUT2D eigenvalue weighted by atomic mass is 127. The number of alkyl halides is 1. The maximum atomic E-state index is 6.69. The Bertz CT molecular complexity index is 664. The quantitative estimate of drug-likeness (QED) is 0.338. The molecule has 2 aromatic carbocycles. The summed E-state index contributed by atoms with van der Waals surface area (Å²) in [4.78, 5) is 0. The van der Waals surface area contributed by atoms with Crippen molar-refractivity contribution >= 4 is 66.1 Å². The zero-order valence-electron chi connectivity index (χ0n) is 11.3. The molecular formula is C15H12Br2ClIO2. The van der Waals surface area contributed by atoms with E-state index in [1.165, 1.54) is 0 Å². The fourth-order valence-corrected chi connectivity index (χ4v) is 4.19. The zero-order valence-corrected chi connectivity index (χ0v) is 17.4. The summed E-state index contributed by atoms with van der Waals surface area (Å²) < 4.78 is 13.6. The Balaban J connectivity index is 2.52. The minimum atomic E-state index is -0.288. The third-order valence-electron chi connectivity index (χ3n) is 3.01. The van der Waals surface area contributed by atoms with Crippen molar-refractivity contribution in [2.75, 3.05) is 14.2 Å². The van der Waals surface area contributed by atoms with Crippen molar-refractivity contribution in [1.82, 2.24) is 0 Å². The van der Waals surface area contributed by atoms with E-state index in [1.807, 2.05) is 30.3 Å². The molecule has 0 amide bonds. The van der Waals surface area contributed by atoms with Crippen LogP contribution >= 0.6 is 66.1 Å². The largest absolute Gasteiger partial charge is 0.493 e. The first kappa shape index (κ1) is 17.4. The summed E-state index contributed by atoms with van der Waals surface area (Å²) in [6, 6.07) is 9.83. The molecule has 0 saturated heterocycles. The van der Waals surface area contributed by atoms with Gasteiger partial charge in [0.05, 0.1) is 19.6 Å². The van der Waals surface area contributed by atoms with E-state index in [2.05, 4.69) is 54.5 Å². The monoisotopic (exact) mass is 544 g/mol. The number of ether oxygens (including phenoxy) is 2. The van der Waals surface area contributed by atoms with E-state index in [9.17, 15) is 0 Å². The number of benzene rings is 2. The molecule has 2 nitrogen and oxygen atoms in total. The van der Waals surface area contributed by atoms with E-state index in [-0.39, 0.29) is 5.38 Å². The summed E-state index contributed by atoms with van der Waals surface area (Å²) in [5.41, 5.74) is 1.98. The van der Waals surface area contributed by atoms with E-state index in [1.54, 1.807) is 14.2 Å². The Morgan fingerprint density at radius 3 is 2.24 bits per heavy atom. The van der Waals surface area contributed by atoms with Crippen LogP contribution in [0.5, 0.6) is 11.5 Å². The molecule has 0 bridgehead atoms. The summed E-state index contributed by atoms with van der Waals surface area (Å²) in [5.74, 6) is 1.33. The molecule has 6 heteroatoms. The van der Waals surface area contributed by atoms with Crippen LogP contribution in [0, 0.1) is 3.57 Å². The highest BCUT2D eigenvalue weighted by Gasteiger charge is 2.20. The molecule has 0 aromatic heterocycles. The van der Waals surface area contributed by atoms with Gasteiger partial charge in [-0.3, -0.25) is 0 Å². The van der Waals surface area contributed by atoms with Crippen LogP contribution in [-0.4, -0.2) is 14.2 Å². The molecule has 0 aliphatic rings. The van der Waals surface area contributed by atoms with Crippen LogP contribution in [0.25, 0.3) is 0 Å². The molecule has 0 aliphatic carbocycles. The average molecular weight is 546 g/mol. The van der Waals surface area contributed by atoms with Gasteiger partial charge in [0.2, 0.25) is 0 Å². The van der Waals surface area contributed by atoms with Crippen molar-refractivity contribution in [2.24, 2.45) is 0 Å². The lowest BCUT2D eigenvalue weighted by Crippen LogP contribution is -2.00. The van der Waals surface area contributed by atoms with Crippen LogP contribution in [0.15, 0.2) is 39.3 Å². The Hall–Kier alpha value is 0.0200. The average Bonchev–Trinajstić information content (AvgIpc) is 2.48. The number of halogens is 4. The van der Waals surface area contributed by atoms with Gasteiger partial charge in [0, 0.05) is 12.5 Å². The van der Waals surface area contributed by atoms with Gasteiger partial charge in [-0.15, -0.1) is 11.6 Å². The summed E-state index contributed by atoms with van der Waals surface area (Å²) in [7, 11) is 3.22. The molecule has 0 N–H and O–H groups in total. The second kappa shape index (κ2) is 7.53. The second-order valence-corrected chi connectivity index (χ2v) is 7.63. The van der Waals surface area contributed by atoms with Crippen molar-refractivity contribution in [3.05, 3.63) is 54.0 Å². The van der Waals surface area contributed by atoms with Crippen molar-refractivity contribution in [2.45, 2.75) is 5.38 Å². The summed E-state index contributed by atoms with van der Waals surface area (Å²) >= 11 is 16.0. The zero-order chi connectivity index (χ0) is 15.6. The second-order valence-electron chi connectivity index (χ2n) is 4.26. The van der Waals surface area contributed by atoms with Crippen LogP contribution in [0.1, 0.15) is 16.5 Å². The Morgan fingerprint density at radius 1 is 1.00 bits per heavy atom. The van der Waals surface area contributed by atoms with Crippen LogP contribution in [-0.2, 0) is 0 Å². The van der Waals surface area contributed by atoms with E-state index in [0.29, 0.717) is 11.5 Å². The summed E-state index contributed by atoms with van der Waals surface area (Å²) in [5, 5.41) is -0.288. The number of hydrogen-bond acceptors (Lipinski definition) is 2. The molecule has 0 radical (unpaired) electrons. The molecule has 1 unspecified atom stereocenters. The van der Waals surface area contributed by atoms with Crippen molar-refractivity contribution in [1.29, 1.82) is 0 Å². The van der Waals surface area contributed by atoms with E-state index in [0.717, 1.165) is 23.6 Å². The molecule has 0 heterocycles. The molecule has 112 valence electrons. The van der Waals surface area contributed by atoms with Crippen LogP contribution in [0.3, 0.4) is 0 Å². The Kier molecular flexibility index (Phi) is 6.23. The highest BCUT2D eigenvalue weighted by Crippen LogP contribution is 2.42. The minimum Gasteiger partial charge on any atom is -0.493 e. The fourth-order valence-electron chi connectivity index (χ4n) is 1.94. The van der Waals surface area contributed by atoms with Crippen molar-refractivity contribution in [3.8, 4) is 11.5 Å². The first-order valence-electron chi connectivity index (χ1n) is 5.98. The van der Waals surface area contributed by atoms with Gasteiger partial charge in [-0.2, -0.15) is 0 Å². The minimum absolute atomic E-state index is 0.288. The smallest absolute Gasteiger partial charge is 0.161 e. The Morgan fingerprint density at radius 2 is 1.62 bits per heavy atom. The lowest BCUT2D eigenvalue weighted by molar-refractivity contribution is 0.354. The molecule has 0 aliphatic heterocycles. The SMILES string of the molecule is COc1cc(Br)c(C(Cl)c2cc(Br)ccc2I)cc1OC. The van der Waals surface area contributed by atoms with Crippen LogP contribution in [0.4, 0.5) is 0 Å². The molecule has 1 atom stereocenters. The maximum Gasteiger partial charge on any atom is 0.161 e. The van der Waals surface area contributed by atoms with E-state index >= 15 is 0 Å². The van der Waals surface area contributed by atoms with Crippen molar-refractivity contribution in [3.63, 3.8) is 0 Å². The third-order valence-corrected chi connectivity index (χ3v) is 5.64. The summed E-state index contributed by atoms with van der Waals surface area (Å²) in [6.07, 6.45) is 0. The lowest BCUT2D eigenvalue weighted by Gasteiger charge is -2.17. The third kappa shape index (κ3) is 3.86. The molecule has 2 rings (SSSR count). The van der Waals surface area contributed by atoms with Gasteiger partial charge in [0.1, 0.15) is 0 Å². The number of methoxy groups -OCH3 is 2. The van der Waals surface area contributed by atoms with Gasteiger partial charge in [0.25, 0.3) is 0 Å². The Labute approximate surface area is 159 Å². The molecular weight excluding hydrogens is 534 g/mol. The fraction of sp³-hybridized carbons (Fsp3) is 0.200. The van der Waals surface area contributed by atoms with Gasteiger partial charge in [-0.1, -0.05) is 31.9 Å². The molecule has 2 aromatic rings. The first-order chi connectivity index (χ1) is 9.97. The predicted molar refractivity (Wildman–Crippen MR) is 102 cm³/mol. The number of rotatable bonds is 4. The molecule has 0 spiro atoms. The topological polar surface area (TPSA) is 18.5 Å². The normalized spacial score (nSPS) is 12.1. The summed E-state index contributed by atoms with van der Waals surface area (Å²) in [6.45, 7) is 0. The van der Waals surface area contributed by atoms with Gasteiger partial charge >= 0.3 is 0 Å². The predicted octanol–water partition coefficient (Wildman–Crippen LogP) is 6.16. The molecule has 0 fully saturated rings. The molecule has 21 heavy (non-hydrogen) atoms. The maximum absolute atomic E-state index is 6.69. The van der Waals surface area contributed by atoms with E-state index < -0.39 is 0 Å².